The average Bonchev–Trinajstić information content (AvgIpc) is 2.28. The Morgan fingerprint density at radius 2 is 1.79 bits per heavy atom. The molecule has 0 fully saturated rings. The van der Waals surface area contributed by atoms with E-state index in [1.54, 1.807) is 0 Å². The van der Waals surface area contributed by atoms with E-state index in [0.29, 0.717) is 0 Å². The van der Waals surface area contributed by atoms with E-state index in [1.807, 2.05) is 0 Å². The SMILES string of the molecule is CC(=O)OC[C@H]1O[C@@H](C(C(C)=O)C(C)=O)C=C[C@@H]1O. The lowest BCUT2D eigenvalue weighted by molar-refractivity contribution is -0.157. The number of rotatable bonds is 5. The maximum atomic E-state index is 11.5. The molecule has 6 heteroatoms. The maximum absolute atomic E-state index is 11.5. The van der Waals surface area contributed by atoms with Crippen LogP contribution in [0.3, 0.4) is 0 Å². The van der Waals surface area contributed by atoms with Gasteiger partial charge in [-0.3, -0.25) is 14.4 Å². The van der Waals surface area contributed by atoms with E-state index in [9.17, 15) is 19.5 Å². The Labute approximate surface area is 111 Å². The standard InChI is InChI=1S/C13H18O6/c1-7(14)13(8(2)15)11-5-4-10(17)12(19-11)6-18-9(3)16/h4-5,10-13,17H,6H2,1-3H3/t10-,11+,12+/m0/s1. The lowest BCUT2D eigenvalue weighted by Crippen LogP contribution is -2.44. The van der Waals surface area contributed by atoms with Crippen molar-refractivity contribution >= 4 is 17.5 Å². The minimum atomic E-state index is -0.935. The number of ether oxygens (including phenoxy) is 2. The van der Waals surface area contributed by atoms with Gasteiger partial charge in [-0.2, -0.15) is 0 Å². The number of esters is 1. The van der Waals surface area contributed by atoms with Crippen LogP contribution in [0.15, 0.2) is 12.2 Å². The molecule has 0 aliphatic carbocycles. The summed E-state index contributed by atoms with van der Waals surface area (Å²) in [6.45, 7) is 3.75. The van der Waals surface area contributed by atoms with Crippen LogP contribution in [-0.2, 0) is 23.9 Å². The number of carbonyl (C=O) groups is 3. The van der Waals surface area contributed by atoms with Crippen molar-refractivity contribution in [2.45, 2.75) is 39.1 Å². The van der Waals surface area contributed by atoms with Gasteiger partial charge < -0.3 is 14.6 Å². The van der Waals surface area contributed by atoms with Crippen LogP contribution in [0, 0.1) is 5.92 Å². The van der Waals surface area contributed by atoms with E-state index in [2.05, 4.69) is 0 Å². The number of aliphatic hydroxyl groups excluding tert-OH is 1. The zero-order chi connectivity index (χ0) is 14.6. The Morgan fingerprint density at radius 1 is 1.21 bits per heavy atom. The fourth-order valence-electron chi connectivity index (χ4n) is 1.95. The summed E-state index contributed by atoms with van der Waals surface area (Å²) in [4.78, 5) is 33.7. The molecule has 0 saturated heterocycles. The second kappa shape index (κ2) is 6.58. The molecule has 0 spiro atoms. The molecule has 3 atom stereocenters. The van der Waals surface area contributed by atoms with E-state index in [-0.39, 0.29) is 18.2 Å². The number of hydrogen-bond donors (Lipinski definition) is 1. The van der Waals surface area contributed by atoms with Crippen molar-refractivity contribution in [2.24, 2.45) is 5.92 Å². The van der Waals surface area contributed by atoms with Gasteiger partial charge in [0.1, 0.15) is 36.3 Å². The lowest BCUT2D eigenvalue weighted by Gasteiger charge is -2.31. The van der Waals surface area contributed by atoms with E-state index in [0.717, 1.165) is 0 Å². The van der Waals surface area contributed by atoms with Crippen LogP contribution in [0.1, 0.15) is 20.8 Å². The molecule has 106 valence electrons. The highest BCUT2D eigenvalue weighted by atomic mass is 16.6. The predicted molar refractivity (Wildman–Crippen MR) is 65.3 cm³/mol. The molecule has 0 unspecified atom stereocenters. The third kappa shape index (κ3) is 4.25. The van der Waals surface area contributed by atoms with Crippen LogP contribution in [-0.4, -0.2) is 47.6 Å². The molecule has 0 aromatic carbocycles. The molecule has 0 aromatic heterocycles. The Bertz CT molecular complexity index is 386. The number of Topliss-reactive ketones (excluding diaryl/α,β-unsaturated/α-hetero) is 2. The molecule has 1 heterocycles. The predicted octanol–water partition coefficient (Wildman–Crippen LogP) is 0.0282. The van der Waals surface area contributed by atoms with Crippen molar-refractivity contribution in [1.29, 1.82) is 0 Å². The van der Waals surface area contributed by atoms with Crippen LogP contribution < -0.4 is 0 Å². The van der Waals surface area contributed by atoms with Gasteiger partial charge in [0.05, 0.1) is 6.10 Å². The fraction of sp³-hybridized carbons (Fsp3) is 0.615. The quantitative estimate of drug-likeness (QED) is 0.430. The minimum absolute atomic E-state index is 0.125. The van der Waals surface area contributed by atoms with E-state index in [1.165, 1.54) is 32.9 Å². The Morgan fingerprint density at radius 3 is 2.26 bits per heavy atom. The molecule has 1 N–H and O–H groups in total. The smallest absolute Gasteiger partial charge is 0.302 e. The molecule has 1 aliphatic heterocycles. The van der Waals surface area contributed by atoms with Gasteiger partial charge >= 0.3 is 5.97 Å². The first-order valence-corrected chi connectivity index (χ1v) is 5.99. The van der Waals surface area contributed by atoms with Gasteiger partial charge in [-0.15, -0.1) is 0 Å². The number of aliphatic hydroxyl groups is 1. The van der Waals surface area contributed by atoms with Crippen LogP contribution in [0.5, 0.6) is 0 Å². The molecule has 0 amide bonds. The van der Waals surface area contributed by atoms with Gasteiger partial charge in [-0.25, -0.2) is 0 Å². The molecule has 6 nitrogen and oxygen atoms in total. The zero-order valence-electron chi connectivity index (χ0n) is 11.2. The summed E-state index contributed by atoms with van der Waals surface area (Å²) in [5.74, 6) is -1.99. The molecular weight excluding hydrogens is 252 g/mol. The summed E-state index contributed by atoms with van der Waals surface area (Å²) in [5.41, 5.74) is 0. The molecule has 0 aromatic rings. The largest absolute Gasteiger partial charge is 0.463 e. The van der Waals surface area contributed by atoms with Gasteiger partial charge in [0.2, 0.25) is 0 Å². The van der Waals surface area contributed by atoms with Crippen molar-refractivity contribution in [3.8, 4) is 0 Å². The highest BCUT2D eigenvalue weighted by Gasteiger charge is 2.35. The first kappa shape index (κ1) is 15.5. The number of carbonyl (C=O) groups excluding carboxylic acids is 3. The molecule has 1 rings (SSSR count). The van der Waals surface area contributed by atoms with Crippen molar-refractivity contribution in [2.75, 3.05) is 6.61 Å². The van der Waals surface area contributed by atoms with E-state index < -0.39 is 30.2 Å². The highest BCUT2D eigenvalue weighted by Crippen LogP contribution is 2.21. The van der Waals surface area contributed by atoms with Crippen LogP contribution >= 0.6 is 0 Å². The summed E-state index contributed by atoms with van der Waals surface area (Å²) >= 11 is 0. The lowest BCUT2D eigenvalue weighted by atomic mass is 9.91. The third-order valence-corrected chi connectivity index (χ3v) is 2.87. The molecule has 1 aliphatic rings. The minimum Gasteiger partial charge on any atom is -0.463 e. The molecule has 0 saturated carbocycles. The summed E-state index contributed by atoms with van der Waals surface area (Å²) < 4.78 is 10.3. The van der Waals surface area contributed by atoms with Crippen LogP contribution in [0.4, 0.5) is 0 Å². The highest BCUT2D eigenvalue weighted by molar-refractivity contribution is 6.01. The van der Waals surface area contributed by atoms with E-state index >= 15 is 0 Å². The fourth-order valence-corrected chi connectivity index (χ4v) is 1.95. The van der Waals surface area contributed by atoms with Crippen LogP contribution in [0.25, 0.3) is 0 Å². The van der Waals surface area contributed by atoms with Gasteiger partial charge in [0.25, 0.3) is 0 Å². The monoisotopic (exact) mass is 270 g/mol. The number of hydrogen-bond acceptors (Lipinski definition) is 6. The zero-order valence-corrected chi connectivity index (χ0v) is 11.2. The average molecular weight is 270 g/mol. The van der Waals surface area contributed by atoms with Crippen molar-refractivity contribution in [1.82, 2.24) is 0 Å². The van der Waals surface area contributed by atoms with Gasteiger partial charge in [-0.05, 0) is 13.8 Å². The van der Waals surface area contributed by atoms with Gasteiger partial charge in [-0.1, -0.05) is 12.2 Å². The Kier molecular flexibility index (Phi) is 5.38. The number of ketones is 2. The van der Waals surface area contributed by atoms with Gasteiger partial charge in [0, 0.05) is 6.92 Å². The normalized spacial score (nSPS) is 26.3. The second-order valence-corrected chi connectivity index (χ2v) is 4.52. The van der Waals surface area contributed by atoms with Crippen molar-refractivity contribution < 1.29 is 29.0 Å². The van der Waals surface area contributed by atoms with Gasteiger partial charge in [0.15, 0.2) is 0 Å². The molecular formula is C13H18O6. The summed E-state index contributed by atoms with van der Waals surface area (Å²) in [6, 6.07) is 0. The van der Waals surface area contributed by atoms with Crippen molar-refractivity contribution in [3.05, 3.63) is 12.2 Å². The first-order chi connectivity index (χ1) is 8.82. The van der Waals surface area contributed by atoms with E-state index in [4.69, 9.17) is 9.47 Å². The molecule has 0 radical (unpaired) electrons. The third-order valence-electron chi connectivity index (χ3n) is 2.87. The summed E-state index contributed by atoms with van der Waals surface area (Å²) in [6.07, 6.45) is 0.484. The van der Waals surface area contributed by atoms with Crippen LogP contribution in [0.2, 0.25) is 0 Å². The maximum Gasteiger partial charge on any atom is 0.302 e. The summed E-state index contributed by atoms with van der Waals surface area (Å²) in [7, 11) is 0. The Balaban J connectivity index is 2.77. The van der Waals surface area contributed by atoms with Crippen molar-refractivity contribution in [3.63, 3.8) is 0 Å². The summed E-state index contributed by atoms with van der Waals surface area (Å²) in [5, 5.41) is 9.69. The Hall–Kier alpha value is -1.53. The molecule has 0 bridgehead atoms. The molecule has 19 heavy (non-hydrogen) atoms. The topological polar surface area (TPSA) is 89.9 Å². The first-order valence-electron chi connectivity index (χ1n) is 5.99. The second-order valence-electron chi connectivity index (χ2n) is 4.52.